The number of carbonyl (C=O) groups is 3. The molecule has 8 nitrogen and oxygen atoms in total. The summed E-state index contributed by atoms with van der Waals surface area (Å²) >= 11 is 0. The Morgan fingerprint density at radius 1 is 0.871 bits per heavy atom. The molecule has 0 fully saturated rings. The van der Waals surface area contributed by atoms with Gasteiger partial charge in [0.25, 0.3) is 5.91 Å². The summed E-state index contributed by atoms with van der Waals surface area (Å²) in [4.78, 5) is 35.9. The van der Waals surface area contributed by atoms with Gasteiger partial charge in [-0.05, 0) is 44.5 Å². The molecule has 0 aliphatic rings. The molecule has 0 aromatic heterocycles. The highest BCUT2D eigenvalue weighted by Gasteiger charge is 2.16. The van der Waals surface area contributed by atoms with Crippen LogP contribution < -0.4 is 20.7 Å². The number of para-hydroxylation sites is 2. The van der Waals surface area contributed by atoms with Gasteiger partial charge >= 0.3 is 6.09 Å². The lowest BCUT2D eigenvalue weighted by atomic mass is 10.1. The van der Waals surface area contributed by atoms with E-state index in [0.29, 0.717) is 11.4 Å². The third-order valence-corrected chi connectivity index (χ3v) is 3.90. The zero-order valence-electron chi connectivity index (χ0n) is 18.1. The zero-order valence-corrected chi connectivity index (χ0v) is 18.1. The number of rotatable bonds is 9. The first-order chi connectivity index (χ1) is 14.7. The van der Waals surface area contributed by atoms with Gasteiger partial charge in [0.15, 0.2) is 6.61 Å². The SMILES string of the molecule is CC(C)(C)OC(=O)NCCC(=O)Nc1ccccc1CNC(=O)COc1ccccc1. The lowest BCUT2D eigenvalue weighted by Gasteiger charge is -2.19. The lowest BCUT2D eigenvalue weighted by molar-refractivity contribution is -0.123. The molecular formula is C23H29N3O5. The number of hydrogen-bond acceptors (Lipinski definition) is 5. The maximum Gasteiger partial charge on any atom is 0.407 e. The Balaban J connectivity index is 1.77. The number of carbonyl (C=O) groups excluding carboxylic acids is 3. The first-order valence-corrected chi connectivity index (χ1v) is 10.0. The molecule has 0 aliphatic carbocycles. The molecule has 0 spiro atoms. The van der Waals surface area contributed by atoms with Gasteiger partial charge in [0.05, 0.1) is 0 Å². The molecule has 31 heavy (non-hydrogen) atoms. The van der Waals surface area contributed by atoms with E-state index in [4.69, 9.17) is 9.47 Å². The van der Waals surface area contributed by atoms with Crippen molar-refractivity contribution in [3.8, 4) is 5.75 Å². The molecule has 3 N–H and O–H groups in total. The maximum absolute atomic E-state index is 12.2. The number of alkyl carbamates (subject to hydrolysis) is 1. The fourth-order valence-electron chi connectivity index (χ4n) is 2.51. The molecule has 166 valence electrons. The van der Waals surface area contributed by atoms with E-state index in [1.807, 2.05) is 30.3 Å². The molecule has 0 unspecified atom stereocenters. The van der Waals surface area contributed by atoms with Crippen molar-refractivity contribution in [2.45, 2.75) is 39.3 Å². The average molecular weight is 428 g/mol. The van der Waals surface area contributed by atoms with Crippen LogP contribution in [0.25, 0.3) is 0 Å². The molecule has 2 aromatic carbocycles. The van der Waals surface area contributed by atoms with Gasteiger partial charge in [-0.2, -0.15) is 0 Å². The van der Waals surface area contributed by atoms with E-state index in [1.165, 1.54) is 0 Å². The molecule has 8 heteroatoms. The van der Waals surface area contributed by atoms with Gasteiger partial charge in [-0.15, -0.1) is 0 Å². The van der Waals surface area contributed by atoms with Gasteiger partial charge < -0.3 is 25.4 Å². The van der Waals surface area contributed by atoms with Crippen LogP contribution in [-0.4, -0.2) is 36.7 Å². The van der Waals surface area contributed by atoms with Gasteiger partial charge in [-0.3, -0.25) is 9.59 Å². The van der Waals surface area contributed by atoms with E-state index in [1.54, 1.807) is 45.0 Å². The minimum absolute atomic E-state index is 0.0881. The number of amides is 3. The molecule has 0 saturated carbocycles. The fourth-order valence-corrected chi connectivity index (χ4v) is 2.51. The smallest absolute Gasteiger partial charge is 0.407 e. The second-order valence-electron chi connectivity index (χ2n) is 7.76. The van der Waals surface area contributed by atoms with Crippen LogP contribution >= 0.6 is 0 Å². The summed E-state index contributed by atoms with van der Waals surface area (Å²) in [7, 11) is 0. The second-order valence-corrected chi connectivity index (χ2v) is 7.76. The Morgan fingerprint density at radius 3 is 2.26 bits per heavy atom. The number of benzene rings is 2. The van der Waals surface area contributed by atoms with Crippen LogP contribution in [-0.2, 0) is 20.9 Å². The van der Waals surface area contributed by atoms with Crippen LogP contribution in [0.4, 0.5) is 10.5 Å². The molecule has 3 amide bonds. The van der Waals surface area contributed by atoms with Crippen molar-refractivity contribution in [1.29, 1.82) is 0 Å². The third kappa shape index (κ3) is 9.66. The van der Waals surface area contributed by atoms with Crippen molar-refractivity contribution in [3.63, 3.8) is 0 Å². The average Bonchev–Trinajstić information content (AvgIpc) is 2.71. The van der Waals surface area contributed by atoms with Crippen LogP contribution in [0.3, 0.4) is 0 Å². The summed E-state index contributed by atoms with van der Waals surface area (Å²) in [5.41, 5.74) is 0.750. The Bertz CT molecular complexity index is 878. The molecule has 0 aliphatic heterocycles. The normalized spacial score (nSPS) is 10.7. The predicted molar refractivity (Wildman–Crippen MR) is 118 cm³/mol. The topological polar surface area (TPSA) is 106 Å². The lowest BCUT2D eigenvalue weighted by Crippen LogP contribution is -2.34. The zero-order chi connectivity index (χ0) is 22.7. The van der Waals surface area contributed by atoms with Crippen LogP contribution in [0.2, 0.25) is 0 Å². The molecule has 0 saturated heterocycles. The van der Waals surface area contributed by atoms with E-state index in [2.05, 4.69) is 16.0 Å². The van der Waals surface area contributed by atoms with Crippen molar-refractivity contribution in [1.82, 2.24) is 10.6 Å². The summed E-state index contributed by atoms with van der Waals surface area (Å²) in [5.74, 6) is 0.0825. The summed E-state index contributed by atoms with van der Waals surface area (Å²) in [6.07, 6.45) is -0.480. The van der Waals surface area contributed by atoms with Gasteiger partial charge in [-0.25, -0.2) is 4.79 Å². The van der Waals surface area contributed by atoms with Crippen LogP contribution in [0, 0.1) is 0 Å². The van der Waals surface area contributed by atoms with Crippen molar-refractivity contribution in [2.24, 2.45) is 0 Å². The summed E-state index contributed by atoms with van der Waals surface area (Å²) < 4.78 is 10.5. The van der Waals surface area contributed by atoms with E-state index in [9.17, 15) is 14.4 Å². The highest BCUT2D eigenvalue weighted by Crippen LogP contribution is 2.15. The fraction of sp³-hybridized carbons (Fsp3) is 0.348. The quantitative estimate of drug-likeness (QED) is 0.570. The molecular weight excluding hydrogens is 398 g/mol. The van der Waals surface area contributed by atoms with Crippen molar-refractivity contribution in [2.75, 3.05) is 18.5 Å². The monoisotopic (exact) mass is 427 g/mol. The minimum Gasteiger partial charge on any atom is -0.484 e. The Morgan fingerprint density at radius 2 is 1.55 bits per heavy atom. The Hall–Kier alpha value is -3.55. The van der Waals surface area contributed by atoms with E-state index in [0.717, 1.165) is 5.56 Å². The summed E-state index contributed by atoms with van der Waals surface area (Å²) in [6, 6.07) is 16.2. The Labute approximate surface area is 182 Å². The molecule has 0 heterocycles. The van der Waals surface area contributed by atoms with Crippen LogP contribution in [0.1, 0.15) is 32.8 Å². The minimum atomic E-state index is -0.595. The number of anilines is 1. The van der Waals surface area contributed by atoms with Gasteiger partial charge in [0.2, 0.25) is 5.91 Å². The second kappa shape index (κ2) is 11.6. The molecule has 0 radical (unpaired) electrons. The van der Waals surface area contributed by atoms with Crippen LogP contribution in [0.15, 0.2) is 54.6 Å². The Kier molecular flexibility index (Phi) is 8.87. The van der Waals surface area contributed by atoms with E-state index in [-0.39, 0.29) is 37.9 Å². The number of nitrogens with one attached hydrogen (secondary N) is 3. The van der Waals surface area contributed by atoms with Gasteiger partial charge in [-0.1, -0.05) is 36.4 Å². The van der Waals surface area contributed by atoms with Gasteiger partial charge in [0, 0.05) is 25.2 Å². The molecule has 0 atom stereocenters. The summed E-state index contributed by atoms with van der Waals surface area (Å²) in [5, 5.41) is 8.12. The first-order valence-electron chi connectivity index (χ1n) is 10.0. The van der Waals surface area contributed by atoms with Crippen molar-refractivity contribution < 1.29 is 23.9 Å². The highest BCUT2D eigenvalue weighted by molar-refractivity contribution is 5.92. The molecule has 0 bridgehead atoms. The summed E-state index contributed by atoms with van der Waals surface area (Å²) in [6.45, 7) is 5.59. The van der Waals surface area contributed by atoms with E-state index < -0.39 is 11.7 Å². The third-order valence-electron chi connectivity index (χ3n) is 3.90. The molecule has 2 aromatic rings. The van der Waals surface area contributed by atoms with Gasteiger partial charge in [0.1, 0.15) is 11.4 Å². The van der Waals surface area contributed by atoms with Crippen molar-refractivity contribution in [3.05, 3.63) is 60.2 Å². The molecule has 2 rings (SSSR count). The standard InChI is InChI=1S/C23H29N3O5/c1-23(2,3)31-22(29)24-14-13-20(27)26-19-12-8-7-9-17(19)15-25-21(28)16-30-18-10-5-4-6-11-18/h4-12H,13-16H2,1-3H3,(H,24,29)(H,25,28)(H,26,27). The highest BCUT2D eigenvalue weighted by atomic mass is 16.6. The van der Waals surface area contributed by atoms with Crippen molar-refractivity contribution >= 4 is 23.6 Å². The number of hydrogen-bond donors (Lipinski definition) is 3. The first kappa shape index (κ1) is 23.7. The predicted octanol–water partition coefficient (Wildman–Crippen LogP) is 3.24. The van der Waals surface area contributed by atoms with E-state index >= 15 is 0 Å². The number of ether oxygens (including phenoxy) is 2. The maximum atomic E-state index is 12.2. The van der Waals surface area contributed by atoms with Crippen LogP contribution in [0.5, 0.6) is 5.75 Å². The largest absolute Gasteiger partial charge is 0.484 e.